The van der Waals surface area contributed by atoms with E-state index in [1.54, 1.807) is 41.8 Å². The number of nitrogens with zero attached hydrogens (tertiary/aromatic N) is 1. The van der Waals surface area contributed by atoms with Crippen molar-refractivity contribution in [2.45, 2.75) is 44.4 Å². The molecule has 1 aliphatic carbocycles. The van der Waals surface area contributed by atoms with Crippen molar-refractivity contribution in [2.75, 3.05) is 6.61 Å². The van der Waals surface area contributed by atoms with E-state index >= 15 is 0 Å². The number of halogens is 2. The third kappa shape index (κ3) is 7.16. The lowest BCUT2D eigenvalue weighted by molar-refractivity contribution is -0.124. The molecule has 184 valence electrons. The number of aromatic nitrogens is 1. The van der Waals surface area contributed by atoms with Gasteiger partial charge in [-0.1, -0.05) is 36.6 Å². The Morgan fingerprint density at radius 2 is 1.74 bits per heavy atom. The highest BCUT2D eigenvalue weighted by Gasteiger charge is 2.28. The molecule has 0 aliphatic heterocycles. The second kappa shape index (κ2) is 12.0. The first-order valence-corrected chi connectivity index (χ1v) is 12.5. The van der Waals surface area contributed by atoms with Crippen LogP contribution in [0.15, 0.2) is 53.9 Å². The fourth-order valence-electron chi connectivity index (χ4n) is 3.83. The maximum Gasteiger partial charge on any atom is 0.271 e. The van der Waals surface area contributed by atoms with Crippen LogP contribution in [-0.4, -0.2) is 35.5 Å². The molecular weight excluding hydrogens is 493 g/mol. The predicted molar refractivity (Wildman–Crippen MR) is 131 cm³/mol. The van der Waals surface area contributed by atoms with Crippen LogP contribution in [0, 0.1) is 5.82 Å². The molecule has 0 radical (unpaired) electrons. The molecule has 1 heterocycles. The van der Waals surface area contributed by atoms with E-state index < -0.39 is 5.82 Å². The summed E-state index contributed by atoms with van der Waals surface area (Å²) < 4.78 is 24.7. The summed E-state index contributed by atoms with van der Waals surface area (Å²) in [6.07, 6.45) is 3.43. The third-order valence-corrected chi connectivity index (χ3v) is 6.66. The van der Waals surface area contributed by atoms with E-state index in [1.807, 2.05) is 0 Å². The number of amides is 2. The summed E-state index contributed by atoms with van der Waals surface area (Å²) in [5, 5.41) is 8.78. The Balaban J connectivity index is 1.28. The summed E-state index contributed by atoms with van der Waals surface area (Å²) in [6, 6.07) is 12.5. The number of carbonyl (C=O) groups excluding carboxylic acids is 2. The summed E-state index contributed by atoms with van der Waals surface area (Å²) in [5.41, 5.74) is 0.267. The topological polar surface area (TPSA) is 89.6 Å². The first kappa shape index (κ1) is 24.9. The number of rotatable bonds is 9. The van der Waals surface area contributed by atoms with E-state index in [2.05, 4.69) is 15.6 Å². The maximum absolute atomic E-state index is 13.7. The molecule has 7 nitrogen and oxygen atoms in total. The fourth-order valence-corrected chi connectivity index (χ4v) is 4.64. The monoisotopic (exact) mass is 517 g/mol. The number of carbonyl (C=O) groups is 2. The van der Waals surface area contributed by atoms with Crippen molar-refractivity contribution < 1.29 is 23.5 Å². The summed E-state index contributed by atoms with van der Waals surface area (Å²) in [6.45, 7) is -0.0646. The molecule has 1 aliphatic rings. The lowest BCUT2D eigenvalue weighted by Crippen LogP contribution is -2.54. The molecule has 2 N–H and O–H groups in total. The van der Waals surface area contributed by atoms with Gasteiger partial charge in [-0.25, -0.2) is 9.37 Å². The highest BCUT2D eigenvalue weighted by atomic mass is 35.5. The first-order valence-electron chi connectivity index (χ1n) is 11.3. The molecule has 0 bridgehead atoms. The SMILES string of the molecule is O=C(COc1ccc(Cl)cc1)N[C@H]1CCCC[C@H]1NC(=O)c1csc(COc2ccccc2F)n1. The van der Waals surface area contributed by atoms with Gasteiger partial charge >= 0.3 is 0 Å². The molecule has 1 saturated carbocycles. The standard InChI is InChI=1S/C25H25ClFN3O4S/c26-16-9-11-17(12-10-16)33-13-23(31)28-19-6-2-3-7-20(19)30-25(32)21-15-35-24(29-21)14-34-22-8-4-1-5-18(22)27/h1,4-5,8-12,15,19-20H,2-3,6-7,13-14H2,(H,28,31)(H,30,32)/t19-,20+/m0/s1. The number of benzene rings is 2. The van der Waals surface area contributed by atoms with Gasteiger partial charge < -0.3 is 20.1 Å². The van der Waals surface area contributed by atoms with E-state index in [0.717, 1.165) is 25.7 Å². The van der Waals surface area contributed by atoms with Crippen LogP contribution in [0.25, 0.3) is 0 Å². The van der Waals surface area contributed by atoms with E-state index in [4.69, 9.17) is 21.1 Å². The van der Waals surface area contributed by atoms with Gasteiger partial charge in [-0.3, -0.25) is 9.59 Å². The van der Waals surface area contributed by atoms with E-state index in [1.165, 1.54) is 23.5 Å². The number of nitrogens with one attached hydrogen (secondary N) is 2. The number of ether oxygens (including phenoxy) is 2. The van der Waals surface area contributed by atoms with Crippen molar-refractivity contribution in [3.63, 3.8) is 0 Å². The molecule has 0 unspecified atom stereocenters. The van der Waals surface area contributed by atoms with Crippen molar-refractivity contribution in [1.29, 1.82) is 0 Å². The Morgan fingerprint density at radius 3 is 2.49 bits per heavy atom. The van der Waals surface area contributed by atoms with Crippen LogP contribution < -0.4 is 20.1 Å². The van der Waals surface area contributed by atoms with Crippen molar-refractivity contribution >= 4 is 34.8 Å². The molecule has 3 aromatic rings. The number of hydrogen-bond donors (Lipinski definition) is 2. The van der Waals surface area contributed by atoms with Crippen molar-refractivity contribution in [1.82, 2.24) is 15.6 Å². The van der Waals surface area contributed by atoms with Crippen LogP contribution in [0.3, 0.4) is 0 Å². The molecule has 2 aromatic carbocycles. The maximum atomic E-state index is 13.7. The van der Waals surface area contributed by atoms with E-state index in [0.29, 0.717) is 15.8 Å². The Kier molecular flexibility index (Phi) is 8.54. The molecule has 10 heteroatoms. The van der Waals surface area contributed by atoms with Gasteiger partial charge in [0.2, 0.25) is 0 Å². The van der Waals surface area contributed by atoms with Crippen LogP contribution >= 0.6 is 22.9 Å². The molecular formula is C25H25ClFN3O4S. The summed E-state index contributed by atoms with van der Waals surface area (Å²) in [5.74, 6) is -0.342. The summed E-state index contributed by atoms with van der Waals surface area (Å²) in [7, 11) is 0. The minimum atomic E-state index is -0.453. The molecule has 2 atom stereocenters. The Bertz CT molecular complexity index is 1160. The van der Waals surface area contributed by atoms with Gasteiger partial charge in [-0.05, 0) is 49.2 Å². The Morgan fingerprint density at radius 1 is 1.03 bits per heavy atom. The van der Waals surface area contributed by atoms with Gasteiger partial charge in [0.25, 0.3) is 11.8 Å². The van der Waals surface area contributed by atoms with Crippen molar-refractivity contribution in [3.05, 3.63) is 75.5 Å². The highest BCUT2D eigenvalue weighted by molar-refractivity contribution is 7.09. The molecule has 4 rings (SSSR count). The zero-order valence-electron chi connectivity index (χ0n) is 18.8. The van der Waals surface area contributed by atoms with Gasteiger partial charge in [0.15, 0.2) is 18.2 Å². The van der Waals surface area contributed by atoms with Crippen LogP contribution in [-0.2, 0) is 11.4 Å². The van der Waals surface area contributed by atoms with Crippen LogP contribution in [0.2, 0.25) is 5.02 Å². The third-order valence-electron chi connectivity index (χ3n) is 5.58. The minimum absolute atomic E-state index is 0.0641. The van der Waals surface area contributed by atoms with E-state index in [9.17, 15) is 14.0 Å². The normalized spacial score (nSPS) is 17.4. The van der Waals surface area contributed by atoms with Crippen LogP contribution in [0.4, 0.5) is 4.39 Å². The van der Waals surface area contributed by atoms with Gasteiger partial charge in [0, 0.05) is 22.5 Å². The Hall–Kier alpha value is -3.17. The zero-order valence-corrected chi connectivity index (χ0v) is 20.4. The Labute approximate surface area is 211 Å². The van der Waals surface area contributed by atoms with Crippen LogP contribution in [0.5, 0.6) is 11.5 Å². The second-order valence-electron chi connectivity index (χ2n) is 8.13. The highest BCUT2D eigenvalue weighted by Crippen LogP contribution is 2.21. The van der Waals surface area contributed by atoms with Gasteiger partial charge in [0.05, 0.1) is 0 Å². The first-order chi connectivity index (χ1) is 17.0. The minimum Gasteiger partial charge on any atom is -0.484 e. The molecule has 2 amide bonds. The zero-order chi connectivity index (χ0) is 24.6. The lowest BCUT2D eigenvalue weighted by atomic mass is 9.90. The van der Waals surface area contributed by atoms with Crippen LogP contribution in [0.1, 0.15) is 41.2 Å². The molecule has 0 saturated heterocycles. The van der Waals surface area contributed by atoms with Crippen molar-refractivity contribution in [2.24, 2.45) is 0 Å². The average Bonchev–Trinajstić information content (AvgIpc) is 3.34. The van der Waals surface area contributed by atoms with E-state index in [-0.39, 0.29) is 48.6 Å². The number of hydrogen-bond acceptors (Lipinski definition) is 6. The molecule has 1 fully saturated rings. The fraction of sp³-hybridized carbons (Fsp3) is 0.320. The predicted octanol–water partition coefficient (Wildman–Crippen LogP) is 4.75. The molecule has 0 spiro atoms. The average molecular weight is 518 g/mol. The molecule has 1 aromatic heterocycles. The van der Waals surface area contributed by atoms with Gasteiger partial charge in [0.1, 0.15) is 23.1 Å². The largest absolute Gasteiger partial charge is 0.484 e. The number of para-hydroxylation sites is 1. The second-order valence-corrected chi connectivity index (χ2v) is 9.51. The summed E-state index contributed by atoms with van der Waals surface area (Å²) in [4.78, 5) is 29.6. The molecule has 35 heavy (non-hydrogen) atoms. The quantitative estimate of drug-likeness (QED) is 0.427. The van der Waals surface area contributed by atoms with Crippen molar-refractivity contribution in [3.8, 4) is 11.5 Å². The number of thiazole rings is 1. The van der Waals surface area contributed by atoms with Gasteiger partial charge in [-0.2, -0.15) is 0 Å². The summed E-state index contributed by atoms with van der Waals surface area (Å²) >= 11 is 7.13. The lowest BCUT2D eigenvalue weighted by Gasteiger charge is -2.32. The smallest absolute Gasteiger partial charge is 0.271 e. The van der Waals surface area contributed by atoms with Gasteiger partial charge in [-0.15, -0.1) is 11.3 Å².